The van der Waals surface area contributed by atoms with Crippen LogP contribution in [0.3, 0.4) is 0 Å². The average molecular weight is 186 g/mol. The second kappa shape index (κ2) is 6.22. The molecule has 0 saturated carbocycles. The van der Waals surface area contributed by atoms with Crippen molar-refractivity contribution >= 4 is 11.9 Å². The first-order chi connectivity index (χ1) is 6.10. The van der Waals surface area contributed by atoms with E-state index in [0.717, 1.165) is 6.08 Å². The van der Waals surface area contributed by atoms with Crippen molar-refractivity contribution in [3.05, 3.63) is 12.7 Å². The van der Waals surface area contributed by atoms with E-state index in [4.69, 9.17) is 4.74 Å². The van der Waals surface area contributed by atoms with Gasteiger partial charge in [0.25, 0.3) is 0 Å². The molecule has 0 aromatic carbocycles. The van der Waals surface area contributed by atoms with Crippen LogP contribution in [0.2, 0.25) is 0 Å². The Bertz CT molecular complexity index is 198. The van der Waals surface area contributed by atoms with E-state index in [9.17, 15) is 9.59 Å². The normalized spacial score (nSPS) is 11.5. The minimum absolute atomic E-state index is 0.0768. The van der Waals surface area contributed by atoms with E-state index in [1.165, 1.54) is 0 Å². The van der Waals surface area contributed by atoms with Gasteiger partial charge in [0, 0.05) is 6.08 Å². The third-order valence-corrected chi connectivity index (χ3v) is 1.24. The van der Waals surface area contributed by atoms with E-state index in [-0.39, 0.29) is 12.4 Å². The average Bonchev–Trinajstić information content (AvgIpc) is 2.04. The summed E-state index contributed by atoms with van der Waals surface area (Å²) in [5, 5.41) is 0. The van der Waals surface area contributed by atoms with Crippen LogP contribution >= 0.6 is 0 Å². The summed E-state index contributed by atoms with van der Waals surface area (Å²) in [4.78, 5) is 21.6. The Balaban J connectivity index is 3.73. The molecule has 1 atom stereocenters. The van der Waals surface area contributed by atoms with Crippen LogP contribution in [-0.4, -0.2) is 24.6 Å². The van der Waals surface area contributed by atoms with Crippen LogP contribution in [0.5, 0.6) is 0 Å². The van der Waals surface area contributed by atoms with Crippen molar-refractivity contribution in [3.8, 4) is 0 Å². The van der Waals surface area contributed by atoms with Gasteiger partial charge in [-0.3, -0.25) is 4.79 Å². The molecule has 0 aliphatic heterocycles. The molecule has 0 bridgehead atoms. The number of hydrogen-bond acceptors (Lipinski definition) is 4. The van der Waals surface area contributed by atoms with Gasteiger partial charge in [-0.2, -0.15) is 0 Å². The molecular weight excluding hydrogens is 172 g/mol. The molecule has 0 radical (unpaired) electrons. The fraction of sp³-hybridized carbons (Fsp3) is 0.556. The molecule has 0 aliphatic carbocycles. The van der Waals surface area contributed by atoms with Crippen molar-refractivity contribution in [2.24, 2.45) is 0 Å². The minimum Gasteiger partial charge on any atom is -0.466 e. The Morgan fingerprint density at radius 2 is 2.15 bits per heavy atom. The third-order valence-electron chi connectivity index (χ3n) is 1.24. The van der Waals surface area contributed by atoms with Gasteiger partial charge in [-0.05, 0) is 13.8 Å². The summed E-state index contributed by atoms with van der Waals surface area (Å²) in [6, 6.07) is 0. The first kappa shape index (κ1) is 11.7. The van der Waals surface area contributed by atoms with Crippen molar-refractivity contribution in [2.75, 3.05) is 6.61 Å². The van der Waals surface area contributed by atoms with Crippen molar-refractivity contribution in [1.82, 2.24) is 0 Å². The first-order valence-corrected chi connectivity index (χ1v) is 4.08. The van der Waals surface area contributed by atoms with Gasteiger partial charge in [-0.25, -0.2) is 4.79 Å². The standard InChI is InChI=1S/C9H14O4/c1-4-8(10)13-7(3)6-9(11)12-5-2/h4,7H,1,5-6H2,2-3H3. The molecule has 0 aromatic rings. The minimum atomic E-state index is -0.531. The molecule has 4 heteroatoms. The van der Waals surface area contributed by atoms with E-state index in [1.54, 1.807) is 13.8 Å². The summed E-state index contributed by atoms with van der Waals surface area (Å²) in [6.45, 7) is 6.92. The van der Waals surface area contributed by atoms with Crippen LogP contribution in [0.1, 0.15) is 20.3 Å². The zero-order chi connectivity index (χ0) is 10.3. The smallest absolute Gasteiger partial charge is 0.330 e. The molecule has 0 fully saturated rings. The number of hydrogen-bond donors (Lipinski definition) is 0. The first-order valence-electron chi connectivity index (χ1n) is 4.08. The summed E-state index contributed by atoms with van der Waals surface area (Å²) >= 11 is 0. The zero-order valence-corrected chi connectivity index (χ0v) is 7.91. The van der Waals surface area contributed by atoms with E-state index in [0.29, 0.717) is 6.61 Å². The molecule has 0 N–H and O–H groups in total. The van der Waals surface area contributed by atoms with Crippen molar-refractivity contribution in [2.45, 2.75) is 26.4 Å². The lowest BCUT2D eigenvalue weighted by molar-refractivity contribution is -0.150. The largest absolute Gasteiger partial charge is 0.466 e. The highest BCUT2D eigenvalue weighted by molar-refractivity contribution is 5.81. The molecule has 0 heterocycles. The Morgan fingerprint density at radius 3 is 2.62 bits per heavy atom. The number of carbonyl (C=O) groups is 2. The van der Waals surface area contributed by atoms with E-state index in [1.807, 2.05) is 0 Å². The molecular formula is C9H14O4. The summed E-state index contributed by atoms with van der Waals surface area (Å²) in [5.41, 5.74) is 0. The molecule has 4 nitrogen and oxygen atoms in total. The molecule has 0 saturated heterocycles. The maximum Gasteiger partial charge on any atom is 0.330 e. The topological polar surface area (TPSA) is 52.6 Å². The summed E-state index contributed by atoms with van der Waals surface area (Å²) in [6.07, 6.45) is 0.666. The predicted molar refractivity (Wildman–Crippen MR) is 47.0 cm³/mol. The van der Waals surface area contributed by atoms with Crippen LogP contribution < -0.4 is 0 Å². The number of ether oxygens (including phenoxy) is 2. The fourth-order valence-electron chi connectivity index (χ4n) is 0.743. The fourth-order valence-corrected chi connectivity index (χ4v) is 0.743. The molecule has 1 unspecified atom stereocenters. The Labute approximate surface area is 77.5 Å². The van der Waals surface area contributed by atoms with Crippen molar-refractivity contribution in [3.63, 3.8) is 0 Å². The van der Waals surface area contributed by atoms with E-state index >= 15 is 0 Å². The molecule has 0 aromatic heterocycles. The molecule has 0 spiro atoms. The Hall–Kier alpha value is -1.32. The van der Waals surface area contributed by atoms with E-state index < -0.39 is 12.1 Å². The van der Waals surface area contributed by atoms with Gasteiger partial charge < -0.3 is 9.47 Å². The van der Waals surface area contributed by atoms with Crippen LogP contribution in [0.4, 0.5) is 0 Å². The van der Waals surface area contributed by atoms with Gasteiger partial charge in [-0.15, -0.1) is 0 Å². The van der Waals surface area contributed by atoms with Gasteiger partial charge >= 0.3 is 11.9 Å². The maximum atomic E-state index is 10.9. The molecule has 74 valence electrons. The van der Waals surface area contributed by atoms with Crippen LogP contribution in [0.15, 0.2) is 12.7 Å². The molecule has 0 amide bonds. The molecule has 0 aliphatic rings. The van der Waals surface area contributed by atoms with Crippen LogP contribution in [0, 0.1) is 0 Å². The second-order valence-corrected chi connectivity index (χ2v) is 2.46. The van der Waals surface area contributed by atoms with Crippen molar-refractivity contribution in [1.29, 1.82) is 0 Å². The second-order valence-electron chi connectivity index (χ2n) is 2.46. The highest BCUT2D eigenvalue weighted by Gasteiger charge is 2.12. The number of esters is 2. The summed E-state index contributed by atoms with van der Waals surface area (Å²) in [7, 11) is 0. The summed E-state index contributed by atoms with van der Waals surface area (Å²) in [5.74, 6) is -0.899. The van der Waals surface area contributed by atoms with Gasteiger partial charge in [0.2, 0.25) is 0 Å². The third kappa shape index (κ3) is 5.90. The monoisotopic (exact) mass is 186 g/mol. The lowest BCUT2D eigenvalue weighted by atomic mass is 10.3. The van der Waals surface area contributed by atoms with Gasteiger partial charge in [0.1, 0.15) is 6.10 Å². The highest BCUT2D eigenvalue weighted by Crippen LogP contribution is 2.00. The summed E-state index contributed by atoms with van der Waals surface area (Å²) < 4.78 is 9.43. The molecule has 13 heavy (non-hydrogen) atoms. The number of rotatable bonds is 5. The maximum absolute atomic E-state index is 10.9. The Kier molecular flexibility index (Phi) is 5.59. The molecule has 0 rings (SSSR count). The predicted octanol–water partition coefficient (Wildman–Crippen LogP) is 1.06. The highest BCUT2D eigenvalue weighted by atomic mass is 16.6. The lowest BCUT2D eigenvalue weighted by Gasteiger charge is -2.10. The van der Waals surface area contributed by atoms with Gasteiger partial charge in [0.15, 0.2) is 0 Å². The van der Waals surface area contributed by atoms with Crippen molar-refractivity contribution < 1.29 is 19.1 Å². The van der Waals surface area contributed by atoms with Crippen LogP contribution in [0.25, 0.3) is 0 Å². The van der Waals surface area contributed by atoms with Gasteiger partial charge in [0.05, 0.1) is 13.0 Å². The Morgan fingerprint density at radius 1 is 1.54 bits per heavy atom. The lowest BCUT2D eigenvalue weighted by Crippen LogP contribution is -2.18. The van der Waals surface area contributed by atoms with Gasteiger partial charge in [-0.1, -0.05) is 6.58 Å². The quantitative estimate of drug-likeness (QED) is 0.476. The van der Waals surface area contributed by atoms with E-state index in [2.05, 4.69) is 11.3 Å². The number of carbonyl (C=O) groups excluding carboxylic acids is 2. The SMILES string of the molecule is C=CC(=O)OC(C)CC(=O)OCC. The zero-order valence-electron chi connectivity index (χ0n) is 7.91. The van der Waals surface area contributed by atoms with Crippen LogP contribution in [-0.2, 0) is 19.1 Å².